The molecule has 1 aliphatic rings. The summed E-state index contributed by atoms with van der Waals surface area (Å²) in [5, 5.41) is 16.9. The summed E-state index contributed by atoms with van der Waals surface area (Å²) in [6, 6.07) is 0. The lowest BCUT2D eigenvalue weighted by Gasteiger charge is -2.20. The van der Waals surface area contributed by atoms with E-state index < -0.39 is 24.3 Å². The average Bonchev–Trinajstić information content (AvgIpc) is 3.29. The standard InChI is InChI=1S/C16H27N5O.2C2HF3O2/c17-16(19-10-4-7-14-11-18-12-20-14)21-15(22)9-8-13-5-2-1-3-6-13;2*3-2(4,5)1(6)7/h11-13H,1-10H2,(H,18,20)(H3,17,19,21,22);2*(H,6,7). The van der Waals surface area contributed by atoms with Crippen LogP contribution in [0.25, 0.3) is 0 Å². The second-order valence-corrected chi connectivity index (χ2v) is 7.64. The van der Waals surface area contributed by atoms with Crippen LogP contribution in [-0.4, -0.2) is 62.9 Å². The van der Waals surface area contributed by atoms with E-state index in [4.69, 9.17) is 25.5 Å². The second kappa shape index (κ2) is 16.4. The number of amides is 1. The van der Waals surface area contributed by atoms with Gasteiger partial charge >= 0.3 is 24.3 Å². The Morgan fingerprint density at radius 3 is 2.03 bits per heavy atom. The zero-order chi connectivity index (χ0) is 27.8. The quantitative estimate of drug-likeness (QED) is 0.155. The van der Waals surface area contributed by atoms with Crippen molar-refractivity contribution in [2.45, 2.75) is 70.1 Å². The van der Waals surface area contributed by atoms with Crippen LogP contribution in [0.4, 0.5) is 26.3 Å². The molecule has 1 aromatic rings. The van der Waals surface area contributed by atoms with E-state index in [1.54, 1.807) is 12.5 Å². The Morgan fingerprint density at radius 2 is 1.58 bits per heavy atom. The number of guanidine groups is 1. The lowest BCUT2D eigenvalue weighted by atomic mass is 9.86. The number of nitrogens with two attached hydrogens (primary N) is 1. The fraction of sp³-hybridized carbons (Fsp3) is 0.650. The van der Waals surface area contributed by atoms with Gasteiger partial charge in [-0.1, -0.05) is 32.1 Å². The number of carboxylic acids is 2. The third kappa shape index (κ3) is 17.2. The van der Waals surface area contributed by atoms with E-state index in [1.807, 2.05) is 0 Å². The number of rotatable bonds is 7. The first-order valence-electron chi connectivity index (χ1n) is 10.8. The van der Waals surface area contributed by atoms with Gasteiger partial charge in [-0.05, 0) is 25.2 Å². The van der Waals surface area contributed by atoms with Gasteiger partial charge in [0.15, 0.2) is 5.96 Å². The van der Waals surface area contributed by atoms with Crippen LogP contribution in [0, 0.1) is 5.92 Å². The highest BCUT2D eigenvalue weighted by Crippen LogP contribution is 2.27. The van der Waals surface area contributed by atoms with Gasteiger partial charge in [-0.3, -0.25) is 15.1 Å². The van der Waals surface area contributed by atoms with Crippen molar-refractivity contribution in [2.75, 3.05) is 6.54 Å². The number of carboxylic acid groups (broad SMARTS) is 2. The minimum Gasteiger partial charge on any atom is -0.475 e. The van der Waals surface area contributed by atoms with Crippen molar-refractivity contribution in [1.29, 1.82) is 0 Å². The summed E-state index contributed by atoms with van der Waals surface area (Å²) < 4.78 is 63.5. The molecule has 16 heteroatoms. The largest absolute Gasteiger partial charge is 0.490 e. The predicted molar refractivity (Wildman–Crippen MR) is 115 cm³/mol. The lowest BCUT2D eigenvalue weighted by molar-refractivity contribution is -0.193. The van der Waals surface area contributed by atoms with Crippen LogP contribution in [0.5, 0.6) is 0 Å². The number of hydrogen-bond acceptors (Lipinski definition) is 5. The molecular formula is C20H29F6N5O5. The first-order valence-corrected chi connectivity index (χ1v) is 10.8. The smallest absolute Gasteiger partial charge is 0.475 e. The van der Waals surface area contributed by atoms with Gasteiger partial charge < -0.3 is 20.9 Å². The first kappa shape index (κ1) is 32.7. The van der Waals surface area contributed by atoms with Gasteiger partial charge in [-0.2, -0.15) is 26.3 Å². The zero-order valence-corrected chi connectivity index (χ0v) is 19.2. The molecule has 0 saturated heterocycles. The lowest BCUT2D eigenvalue weighted by Crippen LogP contribution is -2.37. The molecule has 0 spiro atoms. The molecule has 0 unspecified atom stereocenters. The van der Waals surface area contributed by atoms with Crippen LogP contribution in [0.2, 0.25) is 0 Å². The molecule has 1 aliphatic carbocycles. The van der Waals surface area contributed by atoms with Crippen LogP contribution < -0.4 is 11.1 Å². The van der Waals surface area contributed by atoms with Gasteiger partial charge in [-0.15, -0.1) is 0 Å². The number of hydrogen-bond donors (Lipinski definition) is 5. The molecule has 2 rings (SSSR count). The molecular weight excluding hydrogens is 504 g/mol. The van der Waals surface area contributed by atoms with Crippen LogP contribution in [0.1, 0.15) is 57.1 Å². The van der Waals surface area contributed by atoms with E-state index in [0.29, 0.717) is 18.9 Å². The number of aromatic nitrogens is 2. The van der Waals surface area contributed by atoms with Crippen molar-refractivity contribution < 1.29 is 50.9 Å². The van der Waals surface area contributed by atoms with E-state index in [0.717, 1.165) is 25.0 Å². The van der Waals surface area contributed by atoms with Gasteiger partial charge in [0.1, 0.15) is 0 Å². The SMILES string of the molecule is NC(=NCCCc1cnc[nH]1)NC(=O)CCC1CCCCC1.O=C(O)C(F)(F)F.O=C(O)C(F)(F)F. The van der Waals surface area contributed by atoms with Gasteiger partial charge in [0, 0.05) is 24.9 Å². The van der Waals surface area contributed by atoms with E-state index >= 15 is 0 Å². The number of aromatic amines is 1. The number of halogens is 6. The topological polar surface area (TPSA) is 171 Å². The summed E-state index contributed by atoms with van der Waals surface area (Å²) in [6.45, 7) is 0.605. The maximum atomic E-state index is 11.8. The molecule has 0 bridgehead atoms. The first-order chi connectivity index (χ1) is 16.6. The highest BCUT2D eigenvalue weighted by Gasteiger charge is 2.38. The summed E-state index contributed by atoms with van der Waals surface area (Å²) in [7, 11) is 0. The van der Waals surface area contributed by atoms with E-state index in [2.05, 4.69) is 20.3 Å². The Morgan fingerprint density at radius 1 is 1.06 bits per heavy atom. The van der Waals surface area contributed by atoms with Crippen molar-refractivity contribution >= 4 is 23.8 Å². The number of carbonyl (C=O) groups is 3. The van der Waals surface area contributed by atoms with Gasteiger partial charge in [0.2, 0.25) is 5.91 Å². The van der Waals surface area contributed by atoms with Crippen molar-refractivity contribution in [3.8, 4) is 0 Å². The molecule has 1 aromatic heterocycles. The van der Waals surface area contributed by atoms with Crippen LogP contribution in [0.3, 0.4) is 0 Å². The molecule has 0 radical (unpaired) electrons. The summed E-state index contributed by atoms with van der Waals surface area (Å²) in [6.07, 6.45) is 3.09. The molecule has 1 fully saturated rings. The second-order valence-electron chi connectivity index (χ2n) is 7.64. The fourth-order valence-corrected chi connectivity index (χ4v) is 2.95. The maximum Gasteiger partial charge on any atom is 0.490 e. The minimum atomic E-state index is -5.08. The highest BCUT2D eigenvalue weighted by molar-refractivity contribution is 5.96. The Bertz CT molecular complexity index is 798. The monoisotopic (exact) mass is 533 g/mol. The Hall–Kier alpha value is -3.33. The third-order valence-electron chi connectivity index (χ3n) is 4.70. The molecule has 1 amide bonds. The average molecular weight is 533 g/mol. The molecule has 0 aliphatic heterocycles. The Labute approximate surface area is 202 Å². The van der Waals surface area contributed by atoms with Crippen molar-refractivity contribution in [3.05, 3.63) is 18.2 Å². The van der Waals surface area contributed by atoms with E-state index in [1.165, 1.54) is 32.1 Å². The van der Waals surface area contributed by atoms with E-state index in [9.17, 15) is 31.1 Å². The molecule has 0 aromatic carbocycles. The summed E-state index contributed by atoms with van der Waals surface area (Å²) in [5.41, 5.74) is 6.83. The van der Waals surface area contributed by atoms with Crippen LogP contribution >= 0.6 is 0 Å². The number of H-pyrrole nitrogens is 1. The molecule has 10 nitrogen and oxygen atoms in total. The number of alkyl halides is 6. The number of aryl methyl sites for hydroxylation is 1. The molecule has 36 heavy (non-hydrogen) atoms. The van der Waals surface area contributed by atoms with Gasteiger partial charge in [0.05, 0.1) is 6.33 Å². The molecule has 0 atom stereocenters. The molecule has 206 valence electrons. The number of imidazole rings is 1. The summed E-state index contributed by atoms with van der Waals surface area (Å²) in [4.78, 5) is 40.8. The van der Waals surface area contributed by atoms with Crippen molar-refractivity contribution in [3.63, 3.8) is 0 Å². The third-order valence-corrected chi connectivity index (χ3v) is 4.70. The Balaban J connectivity index is 0.000000720. The number of nitrogens with one attached hydrogen (secondary N) is 2. The maximum absolute atomic E-state index is 11.8. The predicted octanol–water partition coefficient (Wildman–Crippen LogP) is 3.40. The number of carbonyl (C=O) groups excluding carboxylic acids is 1. The minimum absolute atomic E-state index is 0.0135. The molecule has 6 N–H and O–H groups in total. The van der Waals surface area contributed by atoms with Gasteiger partial charge in [0.25, 0.3) is 0 Å². The highest BCUT2D eigenvalue weighted by atomic mass is 19.4. The van der Waals surface area contributed by atoms with Crippen molar-refractivity contribution in [1.82, 2.24) is 15.3 Å². The molecule has 1 heterocycles. The summed E-state index contributed by atoms with van der Waals surface area (Å²) in [5.74, 6) is -4.58. The van der Waals surface area contributed by atoms with Crippen LogP contribution in [-0.2, 0) is 20.8 Å². The zero-order valence-electron chi connectivity index (χ0n) is 19.2. The number of aliphatic carboxylic acids is 2. The number of aliphatic imine (C=N–C) groups is 1. The fourth-order valence-electron chi connectivity index (χ4n) is 2.95. The Kier molecular flexibility index (Phi) is 14.8. The number of nitrogens with zero attached hydrogens (tertiary/aromatic N) is 2. The van der Waals surface area contributed by atoms with Crippen molar-refractivity contribution in [2.24, 2.45) is 16.6 Å². The normalized spacial score (nSPS) is 14.6. The van der Waals surface area contributed by atoms with Gasteiger partial charge in [-0.25, -0.2) is 14.6 Å². The molecule has 1 saturated carbocycles. The van der Waals surface area contributed by atoms with E-state index in [-0.39, 0.29) is 11.9 Å². The summed E-state index contributed by atoms with van der Waals surface area (Å²) >= 11 is 0. The van der Waals surface area contributed by atoms with Crippen LogP contribution in [0.15, 0.2) is 17.5 Å².